The quantitative estimate of drug-likeness (QED) is 0.345. The summed E-state index contributed by atoms with van der Waals surface area (Å²) in [7, 11) is 3.26. The zero-order valence-electron chi connectivity index (χ0n) is 21.5. The van der Waals surface area contributed by atoms with E-state index < -0.39 is 0 Å². The van der Waals surface area contributed by atoms with Gasteiger partial charge in [-0.2, -0.15) is 0 Å². The lowest BCUT2D eigenvalue weighted by molar-refractivity contribution is 0.0962. The van der Waals surface area contributed by atoms with E-state index in [1.165, 1.54) is 0 Å². The summed E-state index contributed by atoms with van der Waals surface area (Å²) >= 11 is 0. The molecule has 2 unspecified atom stereocenters. The van der Waals surface area contributed by atoms with Crippen LogP contribution in [0.25, 0.3) is 11.3 Å². The first-order valence-electron chi connectivity index (χ1n) is 12.0. The monoisotopic (exact) mass is 486 g/mol. The van der Waals surface area contributed by atoms with Gasteiger partial charge < -0.3 is 20.7 Å². The second kappa shape index (κ2) is 12.5. The third-order valence-electron chi connectivity index (χ3n) is 6.60. The molecule has 1 aromatic carbocycles. The second-order valence-corrected chi connectivity index (χ2v) is 8.82. The number of nitrogens with one attached hydrogen (secondary N) is 3. The number of methoxy groups -OCH3 is 1. The number of pyridine rings is 1. The minimum atomic E-state index is -0.130. The van der Waals surface area contributed by atoms with Crippen molar-refractivity contribution in [3.8, 4) is 29.4 Å². The maximum atomic E-state index is 12.0. The fourth-order valence-electron chi connectivity index (χ4n) is 4.00. The molecule has 0 aliphatic carbocycles. The Morgan fingerprint density at radius 1 is 1.06 bits per heavy atom. The van der Waals surface area contributed by atoms with Crippen LogP contribution in [0.4, 0.5) is 11.6 Å². The Hall–Kier alpha value is -4.12. The summed E-state index contributed by atoms with van der Waals surface area (Å²) in [5.41, 5.74) is 3.36. The van der Waals surface area contributed by atoms with E-state index in [2.05, 4.69) is 57.6 Å². The van der Waals surface area contributed by atoms with Crippen LogP contribution in [0.15, 0.2) is 48.9 Å². The molecule has 2 aromatic heterocycles. The van der Waals surface area contributed by atoms with E-state index in [-0.39, 0.29) is 11.8 Å². The third-order valence-corrected chi connectivity index (χ3v) is 6.60. The number of benzene rings is 1. The van der Waals surface area contributed by atoms with Crippen LogP contribution in [-0.2, 0) is 0 Å². The number of carbonyl (C=O) groups excluding carboxylic acids is 1. The molecule has 188 valence electrons. The normalized spacial score (nSPS) is 13.1. The van der Waals surface area contributed by atoms with Crippen molar-refractivity contribution in [2.45, 2.75) is 26.7 Å². The highest BCUT2D eigenvalue weighted by molar-refractivity contribution is 5.94. The summed E-state index contributed by atoms with van der Waals surface area (Å²) < 4.78 is 5.61. The summed E-state index contributed by atoms with van der Waals surface area (Å²) in [6.07, 6.45) is 8.60. The van der Waals surface area contributed by atoms with Crippen LogP contribution >= 0.6 is 0 Å². The number of terminal acetylenes is 1. The van der Waals surface area contributed by atoms with Crippen molar-refractivity contribution in [3.05, 3.63) is 60.0 Å². The number of ether oxygens (including phenoxy) is 1. The molecule has 0 bridgehead atoms. The molecule has 36 heavy (non-hydrogen) atoms. The van der Waals surface area contributed by atoms with Gasteiger partial charge in [0.15, 0.2) is 0 Å². The zero-order chi connectivity index (χ0) is 26.1. The summed E-state index contributed by atoms with van der Waals surface area (Å²) in [5.74, 6) is 5.51. The zero-order valence-corrected chi connectivity index (χ0v) is 21.5. The van der Waals surface area contributed by atoms with Gasteiger partial charge >= 0.3 is 0 Å². The number of carbonyl (C=O) groups is 1. The maximum absolute atomic E-state index is 12.0. The smallest absolute Gasteiger partial charge is 0.251 e. The highest BCUT2D eigenvalue weighted by Crippen LogP contribution is 2.36. The van der Waals surface area contributed by atoms with Crippen LogP contribution in [0.2, 0.25) is 0 Å². The molecule has 0 radical (unpaired) electrons. The molecule has 0 saturated carbocycles. The number of hydrogen-bond donors (Lipinski definition) is 3. The molecular weight excluding hydrogens is 452 g/mol. The largest absolute Gasteiger partial charge is 0.496 e. The Bertz CT molecular complexity index is 1210. The molecule has 3 rings (SSSR count). The minimum absolute atomic E-state index is 0.130. The Labute approximate surface area is 213 Å². The van der Waals surface area contributed by atoms with E-state index in [0.717, 1.165) is 40.8 Å². The lowest BCUT2D eigenvalue weighted by Gasteiger charge is -2.28. The fraction of sp³-hybridized carbons (Fsp3) is 0.357. The van der Waals surface area contributed by atoms with Crippen molar-refractivity contribution in [1.82, 2.24) is 20.3 Å². The average molecular weight is 487 g/mol. The second-order valence-electron chi connectivity index (χ2n) is 8.82. The highest BCUT2D eigenvalue weighted by Gasteiger charge is 2.24. The van der Waals surface area contributed by atoms with Gasteiger partial charge in [-0.3, -0.25) is 4.79 Å². The van der Waals surface area contributed by atoms with E-state index in [1.54, 1.807) is 32.7 Å². The number of nitrogens with zero attached hydrogens (tertiary/aromatic N) is 3. The number of anilines is 2. The molecule has 8 heteroatoms. The first-order chi connectivity index (χ1) is 17.4. The third kappa shape index (κ3) is 6.51. The van der Waals surface area contributed by atoms with Crippen molar-refractivity contribution in [3.63, 3.8) is 0 Å². The SMILES string of the molecule is C#CCNc1ccc(-c2cc(NCC(C)[C@@H](C)C(C)c3ccc(C(=O)NC)cc3OC)ncn2)cn1. The van der Waals surface area contributed by atoms with Gasteiger partial charge in [-0.1, -0.05) is 32.8 Å². The van der Waals surface area contributed by atoms with Crippen LogP contribution in [0.1, 0.15) is 42.6 Å². The molecular formula is C28H34N6O2. The Morgan fingerprint density at radius 3 is 2.53 bits per heavy atom. The molecule has 8 nitrogen and oxygen atoms in total. The molecule has 0 aliphatic heterocycles. The highest BCUT2D eigenvalue weighted by atomic mass is 16.5. The number of hydrogen-bond acceptors (Lipinski definition) is 7. The molecule has 3 N–H and O–H groups in total. The van der Waals surface area contributed by atoms with Crippen LogP contribution in [0.5, 0.6) is 5.75 Å². The Morgan fingerprint density at radius 2 is 1.86 bits per heavy atom. The Balaban J connectivity index is 1.65. The van der Waals surface area contributed by atoms with Gasteiger partial charge in [0, 0.05) is 37.0 Å². The topological polar surface area (TPSA) is 101 Å². The van der Waals surface area contributed by atoms with Crippen molar-refractivity contribution in [1.29, 1.82) is 0 Å². The molecule has 0 fully saturated rings. The van der Waals surface area contributed by atoms with Crippen LogP contribution in [0, 0.1) is 24.2 Å². The lowest BCUT2D eigenvalue weighted by Crippen LogP contribution is -2.23. The number of aromatic nitrogens is 3. The maximum Gasteiger partial charge on any atom is 0.251 e. The van der Waals surface area contributed by atoms with E-state index >= 15 is 0 Å². The van der Waals surface area contributed by atoms with E-state index in [1.807, 2.05) is 30.3 Å². The summed E-state index contributed by atoms with van der Waals surface area (Å²) in [4.78, 5) is 25.2. The van der Waals surface area contributed by atoms with Gasteiger partial charge in [-0.15, -0.1) is 6.42 Å². The van der Waals surface area contributed by atoms with Gasteiger partial charge in [0.1, 0.15) is 23.7 Å². The standard InChI is InChI=1S/C28H34N6O2/c1-7-12-30-26-11-9-22(16-32-26)24-14-27(34-17-33-24)31-15-18(2)19(3)20(4)23-10-8-21(28(35)29-5)13-25(23)36-6/h1,8-11,13-14,16-20H,12,15H2,2-6H3,(H,29,35)(H,30,32)(H,31,33,34)/t18?,19-,20?/m1/s1. The van der Waals surface area contributed by atoms with Gasteiger partial charge in [0.05, 0.1) is 19.3 Å². The number of amides is 1. The van der Waals surface area contributed by atoms with Crippen molar-refractivity contribution >= 4 is 17.5 Å². The summed E-state index contributed by atoms with van der Waals surface area (Å²) in [6, 6.07) is 11.4. The van der Waals surface area contributed by atoms with Gasteiger partial charge in [-0.05, 0) is 47.6 Å². The molecule has 0 spiro atoms. The molecule has 3 atom stereocenters. The van der Waals surface area contributed by atoms with Crippen molar-refractivity contribution in [2.24, 2.45) is 11.8 Å². The van der Waals surface area contributed by atoms with Crippen LogP contribution in [-0.4, -0.2) is 48.1 Å². The van der Waals surface area contributed by atoms with Gasteiger partial charge in [0.2, 0.25) is 0 Å². The number of rotatable bonds is 11. The molecule has 0 saturated heterocycles. The lowest BCUT2D eigenvalue weighted by atomic mass is 9.80. The van der Waals surface area contributed by atoms with Crippen molar-refractivity contribution in [2.75, 3.05) is 37.9 Å². The summed E-state index contributed by atoms with van der Waals surface area (Å²) in [5, 5.41) is 9.15. The first-order valence-corrected chi connectivity index (χ1v) is 12.0. The molecule has 1 amide bonds. The van der Waals surface area contributed by atoms with Crippen LogP contribution in [0.3, 0.4) is 0 Å². The Kier molecular flexibility index (Phi) is 9.23. The average Bonchev–Trinajstić information content (AvgIpc) is 2.93. The molecule has 2 heterocycles. The fourth-order valence-corrected chi connectivity index (χ4v) is 4.00. The van der Waals surface area contributed by atoms with Gasteiger partial charge in [-0.25, -0.2) is 15.0 Å². The van der Waals surface area contributed by atoms with Crippen LogP contribution < -0.4 is 20.7 Å². The predicted octanol–water partition coefficient (Wildman–Crippen LogP) is 4.44. The predicted molar refractivity (Wildman–Crippen MR) is 144 cm³/mol. The molecule has 0 aliphatic rings. The van der Waals surface area contributed by atoms with E-state index in [4.69, 9.17) is 11.2 Å². The summed E-state index contributed by atoms with van der Waals surface area (Å²) in [6.45, 7) is 7.81. The molecule has 3 aromatic rings. The van der Waals surface area contributed by atoms with Crippen molar-refractivity contribution < 1.29 is 9.53 Å². The first kappa shape index (κ1) is 26.5. The van der Waals surface area contributed by atoms with Gasteiger partial charge in [0.25, 0.3) is 5.91 Å². The van der Waals surface area contributed by atoms with E-state index in [0.29, 0.717) is 23.9 Å². The minimum Gasteiger partial charge on any atom is -0.496 e. The van der Waals surface area contributed by atoms with E-state index in [9.17, 15) is 4.79 Å².